The lowest BCUT2D eigenvalue weighted by molar-refractivity contribution is -0.127. The Kier molecular flexibility index (Phi) is 7.31. The minimum Gasteiger partial charge on any atom is -0.497 e. The van der Waals surface area contributed by atoms with Gasteiger partial charge in [0.15, 0.2) is 6.10 Å². The molecule has 0 unspecified atom stereocenters. The Hall–Kier alpha value is -2.53. The fraction of sp³-hybridized carbons (Fsp3) is 0.435. The molecule has 1 atom stereocenters. The molecule has 0 radical (unpaired) electrons. The van der Waals surface area contributed by atoms with Gasteiger partial charge >= 0.3 is 0 Å². The third-order valence-corrected chi connectivity index (χ3v) is 5.07. The van der Waals surface area contributed by atoms with Gasteiger partial charge in [0, 0.05) is 19.2 Å². The topological polar surface area (TPSA) is 50.8 Å². The highest BCUT2D eigenvalue weighted by Gasteiger charge is 2.15. The Morgan fingerprint density at radius 3 is 2.43 bits per heavy atom. The van der Waals surface area contributed by atoms with Crippen molar-refractivity contribution in [3.8, 4) is 11.5 Å². The highest BCUT2D eigenvalue weighted by atomic mass is 16.5. The maximum atomic E-state index is 12.3. The first-order valence-electron chi connectivity index (χ1n) is 10.0. The monoisotopic (exact) mass is 382 g/mol. The van der Waals surface area contributed by atoms with Crippen molar-refractivity contribution in [1.29, 1.82) is 0 Å². The molecule has 2 aromatic rings. The number of nitrogens with zero attached hydrogens (tertiary/aromatic N) is 1. The SMILES string of the molecule is COc1cccc(O[C@@H](C)C(=O)NCc2ccc(CN3CCCCC3)cc2)c1. The molecule has 1 amide bonds. The van der Waals surface area contributed by atoms with Crippen LogP contribution in [-0.4, -0.2) is 37.1 Å². The number of carbonyl (C=O) groups is 1. The Labute approximate surface area is 167 Å². The molecule has 1 fully saturated rings. The third kappa shape index (κ3) is 5.99. The number of methoxy groups -OCH3 is 1. The summed E-state index contributed by atoms with van der Waals surface area (Å²) < 4.78 is 10.9. The van der Waals surface area contributed by atoms with Gasteiger partial charge in [-0.05, 0) is 56.1 Å². The third-order valence-electron chi connectivity index (χ3n) is 5.07. The zero-order valence-electron chi connectivity index (χ0n) is 16.8. The van der Waals surface area contributed by atoms with Gasteiger partial charge < -0.3 is 14.8 Å². The molecule has 28 heavy (non-hydrogen) atoms. The predicted molar refractivity (Wildman–Crippen MR) is 111 cm³/mol. The number of benzene rings is 2. The van der Waals surface area contributed by atoms with E-state index in [1.165, 1.54) is 37.9 Å². The lowest BCUT2D eigenvalue weighted by Crippen LogP contribution is -2.35. The summed E-state index contributed by atoms with van der Waals surface area (Å²) in [5, 5.41) is 2.94. The first-order valence-corrected chi connectivity index (χ1v) is 10.0. The summed E-state index contributed by atoms with van der Waals surface area (Å²) in [5.74, 6) is 1.18. The van der Waals surface area contributed by atoms with Crippen LogP contribution in [0, 0.1) is 0 Å². The van der Waals surface area contributed by atoms with E-state index in [9.17, 15) is 4.79 Å². The lowest BCUT2D eigenvalue weighted by Gasteiger charge is -2.26. The fourth-order valence-electron chi connectivity index (χ4n) is 3.40. The molecule has 2 aromatic carbocycles. The first-order chi connectivity index (χ1) is 13.6. The second-order valence-electron chi connectivity index (χ2n) is 7.31. The number of rotatable bonds is 8. The van der Waals surface area contributed by atoms with E-state index >= 15 is 0 Å². The molecule has 5 nitrogen and oxygen atoms in total. The van der Waals surface area contributed by atoms with Crippen molar-refractivity contribution >= 4 is 5.91 Å². The summed E-state index contributed by atoms with van der Waals surface area (Å²) in [4.78, 5) is 14.8. The Balaban J connectivity index is 1.45. The zero-order valence-corrected chi connectivity index (χ0v) is 16.8. The van der Waals surface area contributed by atoms with E-state index < -0.39 is 6.10 Å². The Morgan fingerprint density at radius 1 is 1.04 bits per heavy atom. The van der Waals surface area contributed by atoms with Gasteiger partial charge in [-0.1, -0.05) is 36.8 Å². The summed E-state index contributed by atoms with van der Waals surface area (Å²) in [7, 11) is 1.60. The number of ether oxygens (including phenoxy) is 2. The van der Waals surface area contributed by atoms with Crippen molar-refractivity contribution in [2.45, 2.75) is 45.4 Å². The number of piperidine rings is 1. The second kappa shape index (κ2) is 10.1. The fourth-order valence-corrected chi connectivity index (χ4v) is 3.40. The van der Waals surface area contributed by atoms with Gasteiger partial charge in [-0.2, -0.15) is 0 Å². The summed E-state index contributed by atoms with van der Waals surface area (Å²) in [6.07, 6.45) is 3.39. The van der Waals surface area contributed by atoms with Crippen LogP contribution in [0.4, 0.5) is 0 Å². The molecule has 0 bridgehead atoms. The van der Waals surface area contributed by atoms with Crippen molar-refractivity contribution in [3.05, 3.63) is 59.7 Å². The van der Waals surface area contributed by atoms with Crippen LogP contribution < -0.4 is 14.8 Å². The van der Waals surface area contributed by atoms with Crippen LogP contribution in [0.1, 0.15) is 37.3 Å². The van der Waals surface area contributed by atoms with E-state index in [1.54, 1.807) is 20.1 Å². The first kappa shape index (κ1) is 20.2. The van der Waals surface area contributed by atoms with Crippen LogP contribution >= 0.6 is 0 Å². The average molecular weight is 383 g/mol. The van der Waals surface area contributed by atoms with Crippen LogP contribution in [-0.2, 0) is 17.9 Å². The summed E-state index contributed by atoms with van der Waals surface area (Å²) in [5.41, 5.74) is 2.41. The zero-order chi connectivity index (χ0) is 19.8. The number of hydrogen-bond acceptors (Lipinski definition) is 4. The van der Waals surface area contributed by atoms with Crippen molar-refractivity contribution in [2.75, 3.05) is 20.2 Å². The van der Waals surface area contributed by atoms with E-state index in [0.29, 0.717) is 18.0 Å². The van der Waals surface area contributed by atoms with E-state index in [2.05, 4.69) is 34.5 Å². The molecular formula is C23H30N2O3. The van der Waals surface area contributed by atoms with Crippen molar-refractivity contribution in [2.24, 2.45) is 0 Å². The quantitative estimate of drug-likeness (QED) is 0.755. The standard InChI is InChI=1S/C23H30N2O3/c1-18(28-22-8-6-7-21(15-22)27-2)23(26)24-16-19-9-11-20(12-10-19)17-25-13-4-3-5-14-25/h6-12,15,18H,3-5,13-14,16-17H2,1-2H3,(H,24,26)/t18-/m0/s1. The van der Waals surface area contributed by atoms with Gasteiger partial charge in [-0.15, -0.1) is 0 Å². The molecule has 1 saturated heterocycles. The van der Waals surface area contributed by atoms with E-state index in [0.717, 1.165) is 12.1 Å². The van der Waals surface area contributed by atoms with Crippen LogP contribution in [0.3, 0.4) is 0 Å². The normalized spacial score (nSPS) is 15.6. The molecule has 0 aromatic heterocycles. The van der Waals surface area contributed by atoms with Crippen molar-refractivity contribution in [1.82, 2.24) is 10.2 Å². The molecule has 0 spiro atoms. The molecule has 3 rings (SSSR count). The molecule has 0 aliphatic carbocycles. The van der Waals surface area contributed by atoms with Gasteiger partial charge in [0.05, 0.1) is 7.11 Å². The number of amides is 1. The smallest absolute Gasteiger partial charge is 0.261 e. The predicted octanol–water partition coefficient (Wildman–Crippen LogP) is 3.76. The number of hydrogen-bond donors (Lipinski definition) is 1. The number of carbonyl (C=O) groups excluding carboxylic acids is 1. The minimum absolute atomic E-state index is 0.139. The number of nitrogens with one attached hydrogen (secondary N) is 1. The highest BCUT2D eigenvalue weighted by Crippen LogP contribution is 2.20. The molecule has 150 valence electrons. The van der Waals surface area contributed by atoms with E-state index in [-0.39, 0.29) is 5.91 Å². The van der Waals surface area contributed by atoms with Crippen molar-refractivity contribution in [3.63, 3.8) is 0 Å². The molecule has 1 heterocycles. The molecule has 0 saturated carbocycles. The van der Waals surface area contributed by atoms with Crippen molar-refractivity contribution < 1.29 is 14.3 Å². The molecule has 5 heteroatoms. The van der Waals surface area contributed by atoms with Crippen LogP contribution in [0.5, 0.6) is 11.5 Å². The summed E-state index contributed by atoms with van der Waals surface area (Å²) >= 11 is 0. The second-order valence-corrected chi connectivity index (χ2v) is 7.31. The largest absolute Gasteiger partial charge is 0.497 e. The number of likely N-dealkylation sites (tertiary alicyclic amines) is 1. The van der Waals surface area contributed by atoms with Gasteiger partial charge in [-0.3, -0.25) is 9.69 Å². The van der Waals surface area contributed by atoms with Gasteiger partial charge in [0.2, 0.25) is 0 Å². The molecule has 1 N–H and O–H groups in total. The Morgan fingerprint density at radius 2 is 1.71 bits per heavy atom. The van der Waals surface area contributed by atoms with Crippen LogP contribution in [0.15, 0.2) is 48.5 Å². The molecular weight excluding hydrogens is 352 g/mol. The maximum absolute atomic E-state index is 12.3. The maximum Gasteiger partial charge on any atom is 0.261 e. The van der Waals surface area contributed by atoms with Crippen LogP contribution in [0.2, 0.25) is 0 Å². The minimum atomic E-state index is -0.578. The lowest BCUT2D eigenvalue weighted by atomic mass is 10.1. The van der Waals surface area contributed by atoms with Gasteiger partial charge in [0.25, 0.3) is 5.91 Å². The highest BCUT2D eigenvalue weighted by molar-refractivity contribution is 5.80. The summed E-state index contributed by atoms with van der Waals surface area (Å²) in [6, 6.07) is 15.8. The van der Waals surface area contributed by atoms with E-state index in [1.807, 2.05) is 18.2 Å². The molecule has 1 aliphatic rings. The van der Waals surface area contributed by atoms with Gasteiger partial charge in [-0.25, -0.2) is 0 Å². The van der Waals surface area contributed by atoms with E-state index in [4.69, 9.17) is 9.47 Å². The summed E-state index contributed by atoms with van der Waals surface area (Å²) in [6.45, 7) is 5.65. The van der Waals surface area contributed by atoms with Crippen LogP contribution in [0.25, 0.3) is 0 Å². The molecule has 1 aliphatic heterocycles. The Bertz CT molecular complexity index is 755. The average Bonchev–Trinajstić information content (AvgIpc) is 2.74. The van der Waals surface area contributed by atoms with Gasteiger partial charge in [0.1, 0.15) is 11.5 Å².